The van der Waals surface area contributed by atoms with Crippen LogP contribution in [-0.4, -0.2) is 10.3 Å². The molecule has 0 bridgehead atoms. The summed E-state index contributed by atoms with van der Waals surface area (Å²) in [6.45, 7) is 4.85. The van der Waals surface area contributed by atoms with Gasteiger partial charge >= 0.3 is 0 Å². The average molecular weight is 311 g/mol. The van der Waals surface area contributed by atoms with Gasteiger partial charge in [0.25, 0.3) is 0 Å². The van der Waals surface area contributed by atoms with Crippen LogP contribution >= 0.6 is 11.3 Å². The summed E-state index contributed by atoms with van der Waals surface area (Å²) in [6, 6.07) is 14.1. The molecule has 22 heavy (non-hydrogen) atoms. The molecule has 0 spiro atoms. The van der Waals surface area contributed by atoms with Crippen molar-refractivity contribution < 1.29 is 4.42 Å². The van der Waals surface area contributed by atoms with E-state index in [1.165, 1.54) is 5.56 Å². The van der Waals surface area contributed by atoms with Gasteiger partial charge in [0.15, 0.2) is 0 Å². The minimum absolute atomic E-state index is 0.742. The van der Waals surface area contributed by atoms with Crippen LogP contribution in [0.4, 0.5) is 0 Å². The van der Waals surface area contributed by atoms with Crippen molar-refractivity contribution in [2.75, 3.05) is 0 Å². The standard InChI is InChI=1S/C17H17N3OS/c1-3-20-15(14-8-5-4-6-9-14)12-22-17(20)19-18-13(2)16-10-7-11-21-16/h4-12H,3H2,1-2H3/b18-13-,19-17-. The maximum absolute atomic E-state index is 5.32. The number of nitrogens with zero attached hydrogens (tertiary/aromatic N) is 3. The summed E-state index contributed by atoms with van der Waals surface area (Å²) in [5, 5.41) is 10.8. The van der Waals surface area contributed by atoms with E-state index in [1.807, 2.05) is 37.3 Å². The van der Waals surface area contributed by atoms with Gasteiger partial charge in [0.1, 0.15) is 11.5 Å². The lowest BCUT2D eigenvalue weighted by Gasteiger charge is -2.05. The molecule has 0 unspecified atom stereocenters. The van der Waals surface area contributed by atoms with Crippen LogP contribution in [0.5, 0.6) is 0 Å². The fourth-order valence-corrected chi connectivity index (χ4v) is 3.13. The van der Waals surface area contributed by atoms with Crippen LogP contribution in [0.15, 0.2) is 68.7 Å². The highest BCUT2D eigenvalue weighted by Gasteiger charge is 2.06. The molecule has 0 aliphatic carbocycles. The second kappa shape index (κ2) is 6.58. The highest BCUT2D eigenvalue weighted by atomic mass is 32.1. The molecule has 0 aliphatic rings. The number of thiazole rings is 1. The summed E-state index contributed by atoms with van der Waals surface area (Å²) in [5.74, 6) is 0.742. The largest absolute Gasteiger partial charge is 0.463 e. The number of aromatic nitrogens is 1. The Morgan fingerprint density at radius 3 is 2.68 bits per heavy atom. The molecule has 0 fully saturated rings. The average Bonchev–Trinajstić information content (AvgIpc) is 3.22. The van der Waals surface area contributed by atoms with E-state index in [0.29, 0.717) is 0 Å². The second-order valence-corrected chi connectivity index (χ2v) is 5.61. The fourth-order valence-electron chi connectivity index (χ4n) is 2.21. The normalized spacial score (nSPS) is 12.8. The molecular weight excluding hydrogens is 294 g/mol. The molecule has 2 aromatic heterocycles. The van der Waals surface area contributed by atoms with E-state index in [-0.39, 0.29) is 0 Å². The molecule has 0 atom stereocenters. The maximum atomic E-state index is 5.32. The predicted octanol–water partition coefficient (Wildman–Crippen LogP) is 4.15. The van der Waals surface area contributed by atoms with Crippen LogP contribution in [0.1, 0.15) is 19.6 Å². The Labute approximate surface area is 133 Å². The molecule has 0 amide bonds. The summed E-state index contributed by atoms with van der Waals surface area (Å²) in [6.07, 6.45) is 1.64. The minimum atomic E-state index is 0.742. The Morgan fingerprint density at radius 1 is 1.18 bits per heavy atom. The third kappa shape index (κ3) is 2.94. The van der Waals surface area contributed by atoms with E-state index in [4.69, 9.17) is 4.42 Å². The molecule has 0 radical (unpaired) electrons. The van der Waals surface area contributed by atoms with E-state index in [1.54, 1.807) is 17.6 Å². The van der Waals surface area contributed by atoms with Gasteiger partial charge in [-0.25, -0.2) is 0 Å². The molecule has 2 heterocycles. The van der Waals surface area contributed by atoms with Crippen molar-refractivity contribution in [2.24, 2.45) is 10.2 Å². The quantitative estimate of drug-likeness (QED) is 0.527. The van der Waals surface area contributed by atoms with Crippen LogP contribution in [0.3, 0.4) is 0 Å². The molecular formula is C17H17N3OS. The molecule has 0 aliphatic heterocycles. The van der Waals surface area contributed by atoms with Gasteiger partial charge in [-0.2, -0.15) is 0 Å². The van der Waals surface area contributed by atoms with Gasteiger partial charge in [0, 0.05) is 11.9 Å². The van der Waals surface area contributed by atoms with E-state index >= 15 is 0 Å². The number of rotatable bonds is 4. The molecule has 5 heteroatoms. The SMILES string of the molecule is CCn1c(-c2ccccc2)cs/c1=N\N=C(\C)c1ccco1. The van der Waals surface area contributed by atoms with Crippen molar-refractivity contribution in [1.82, 2.24) is 4.57 Å². The zero-order chi connectivity index (χ0) is 15.4. The van der Waals surface area contributed by atoms with E-state index in [2.05, 4.69) is 39.2 Å². The lowest BCUT2D eigenvalue weighted by molar-refractivity contribution is 0.557. The monoisotopic (exact) mass is 311 g/mol. The Hall–Kier alpha value is -2.40. The lowest BCUT2D eigenvalue weighted by Crippen LogP contribution is -2.14. The fraction of sp³-hybridized carbons (Fsp3) is 0.176. The highest BCUT2D eigenvalue weighted by Crippen LogP contribution is 2.19. The van der Waals surface area contributed by atoms with Crippen molar-refractivity contribution in [1.29, 1.82) is 0 Å². The Morgan fingerprint density at radius 2 is 2.00 bits per heavy atom. The van der Waals surface area contributed by atoms with Crippen LogP contribution in [-0.2, 0) is 6.54 Å². The Bertz CT molecular complexity index is 826. The van der Waals surface area contributed by atoms with Gasteiger partial charge in [-0.05, 0) is 31.5 Å². The summed E-state index contributed by atoms with van der Waals surface area (Å²) in [5.41, 5.74) is 3.12. The molecule has 4 nitrogen and oxygen atoms in total. The minimum Gasteiger partial charge on any atom is -0.463 e. The van der Waals surface area contributed by atoms with Crippen molar-refractivity contribution in [3.8, 4) is 11.3 Å². The first-order chi connectivity index (χ1) is 10.8. The smallest absolute Gasteiger partial charge is 0.211 e. The number of furan rings is 1. The molecule has 3 aromatic rings. The van der Waals surface area contributed by atoms with Gasteiger partial charge in [0.05, 0.1) is 12.0 Å². The number of hydrogen-bond acceptors (Lipinski definition) is 4. The number of benzene rings is 1. The van der Waals surface area contributed by atoms with Crippen molar-refractivity contribution in [3.63, 3.8) is 0 Å². The summed E-state index contributed by atoms with van der Waals surface area (Å²) in [7, 11) is 0. The van der Waals surface area contributed by atoms with Gasteiger partial charge < -0.3 is 8.98 Å². The van der Waals surface area contributed by atoms with Crippen LogP contribution in [0, 0.1) is 0 Å². The molecule has 0 N–H and O–H groups in total. The Balaban J connectivity index is 2.00. The van der Waals surface area contributed by atoms with Crippen molar-refractivity contribution in [2.45, 2.75) is 20.4 Å². The summed E-state index contributed by atoms with van der Waals surface area (Å²) < 4.78 is 7.49. The van der Waals surface area contributed by atoms with Crippen LogP contribution in [0.25, 0.3) is 11.3 Å². The molecule has 0 saturated heterocycles. The topological polar surface area (TPSA) is 42.8 Å². The number of hydrogen-bond donors (Lipinski definition) is 0. The highest BCUT2D eigenvalue weighted by molar-refractivity contribution is 7.07. The zero-order valence-electron chi connectivity index (χ0n) is 12.6. The first-order valence-corrected chi connectivity index (χ1v) is 8.03. The lowest BCUT2D eigenvalue weighted by atomic mass is 10.2. The van der Waals surface area contributed by atoms with Gasteiger partial charge in [0.2, 0.25) is 4.80 Å². The molecule has 1 aromatic carbocycles. The van der Waals surface area contributed by atoms with Crippen LogP contribution in [0.2, 0.25) is 0 Å². The zero-order valence-corrected chi connectivity index (χ0v) is 13.4. The van der Waals surface area contributed by atoms with Gasteiger partial charge in [-0.15, -0.1) is 21.5 Å². The van der Waals surface area contributed by atoms with Crippen molar-refractivity contribution in [3.05, 3.63) is 64.7 Å². The second-order valence-electron chi connectivity index (χ2n) is 4.78. The summed E-state index contributed by atoms with van der Waals surface area (Å²) in [4.78, 5) is 0.882. The Kier molecular flexibility index (Phi) is 4.34. The van der Waals surface area contributed by atoms with Crippen molar-refractivity contribution >= 4 is 17.0 Å². The molecule has 3 rings (SSSR count). The van der Waals surface area contributed by atoms with Gasteiger partial charge in [-0.3, -0.25) is 0 Å². The first kappa shape index (κ1) is 14.5. The maximum Gasteiger partial charge on any atom is 0.211 e. The third-order valence-electron chi connectivity index (χ3n) is 3.35. The molecule has 112 valence electrons. The third-order valence-corrected chi connectivity index (χ3v) is 4.20. The summed E-state index contributed by atoms with van der Waals surface area (Å²) >= 11 is 1.59. The van der Waals surface area contributed by atoms with Gasteiger partial charge in [-0.1, -0.05) is 30.3 Å². The predicted molar refractivity (Wildman–Crippen MR) is 89.9 cm³/mol. The first-order valence-electron chi connectivity index (χ1n) is 7.15. The van der Waals surface area contributed by atoms with E-state index in [9.17, 15) is 0 Å². The van der Waals surface area contributed by atoms with Crippen LogP contribution < -0.4 is 4.80 Å². The molecule has 0 saturated carbocycles. The van der Waals surface area contributed by atoms with E-state index in [0.717, 1.165) is 28.5 Å². The van der Waals surface area contributed by atoms with E-state index < -0.39 is 0 Å².